The summed E-state index contributed by atoms with van der Waals surface area (Å²) >= 11 is 0. The molecule has 0 fully saturated rings. The number of rotatable bonds is 10. The minimum atomic E-state index is -1.76. The molecule has 0 saturated heterocycles. The minimum absolute atomic E-state index is 0.00842. The summed E-state index contributed by atoms with van der Waals surface area (Å²) < 4.78 is 0. The lowest BCUT2D eigenvalue weighted by atomic mass is 10.0. The van der Waals surface area contributed by atoms with Gasteiger partial charge in [0.15, 0.2) is 6.10 Å². The zero-order valence-electron chi connectivity index (χ0n) is 18.1. The van der Waals surface area contributed by atoms with Crippen LogP contribution in [0.1, 0.15) is 19.4 Å². The van der Waals surface area contributed by atoms with Crippen molar-refractivity contribution in [3.8, 4) is 11.1 Å². The number of aliphatic hydroxyl groups is 1. The van der Waals surface area contributed by atoms with Crippen molar-refractivity contribution in [3.63, 3.8) is 0 Å². The molecular formula is C23H29N3O6. The lowest BCUT2D eigenvalue weighted by Crippen LogP contribution is -2.52. The third-order valence-corrected chi connectivity index (χ3v) is 4.78. The van der Waals surface area contributed by atoms with Crippen LogP contribution >= 0.6 is 0 Å². The van der Waals surface area contributed by atoms with Gasteiger partial charge in [-0.1, -0.05) is 50.2 Å². The number of aliphatic hydroxyl groups excluding tert-OH is 1. The van der Waals surface area contributed by atoms with Crippen LogP contribution in [0.25, 0.3) is 11.1 Å². The summed E-state index contributed by atoms with van der Waals surface area (Å²) in [7, 11) is 0. The molecule has 0 spiro atoms. The summed E-state index contributed by atoms with van der Waals surface area (Å²) in [4.78, 5) is 36.5. The molecule has 9 heteroatoms. The number of carboxylic acid groups (broad SMARTS) is 2. The summed E-state index contributed by atoms with van der Waals surface area (Å²) in [5.74, 6) is -2.68. The molecule has 32 heavy (non-hydrogen) atoms. The average Bonchev–Trinajstić information content (AvgIpc) is 2.73. The summed E-state index contributed by atoms with van der Waals surface area (Å²) in [6, 6.07) is 12.7. The van der Waals surface area contributed by atoms with E-state index in [0.717, 1.165) is 16.0 Å². The Morgan fingerprint density at radius 2 is 1.44 bits per heavy atom. The van der Waals surface area contributed by atoms with Crippen LogP contribution in [0.2, 0.25) is 0 Å². The standard InChI is InChI=1S/C23H29N3O6/c1-14(2)12-26(13-20(27)22(30)31)23(32)25-19(21(28)29)11-15-3-5-16(6-4-15)17-7-9-18(24)10-8-17/h3-10,14,19-20,27H,11-13,24H2,1-2H3,(H,25,32)(H,28,29)(H,30,31). The maximum atomic E-state index is 12.6. The number of anilines is 1. The van der Waals surface area contributed by atoms with E-state index in [1.807, 2.05) is 38.1 Å². The highest BCUT2D eigenvalue weighted by Crippen LogP contribution is 2.21. The number of benzene rings is 2. The number of carbonyl (C=O) groups excluding carboxylic acids is 1. The molecule has 0 aromatic heterocycles. The van der Waals surface area contributed by atoms with Crippen molar-refractivity contribution >= 4 is 23.7 Å². The van der Waals surface area contributed by atoms with Gasteiger partial charge in [0.05, 0.1) is 6.54 Å². The molecule has 0 saturated carbocycles. The molecular weight excluding hydrogens is 414 g/mol. The van der Waals surface area contributed by atoms with Gasteiger partial charge in [-0.15, -0.1) is 0 Å². The zero-order chi connectivity index (χ0) is 23.8. The lowest BCUT2D eigenvalue weighted by Gasteiger charge is -2.27. The van der Waals surface area contributed by atoms with Crippen molar-refractivity contribution in [2.24, 2.45) is 5.92 Å². The Kier molecular flexibility index (Phi) is 8.60. The van der Waals surface area contributed by atoms with Gasteiger partial charge in [-0.25, -0.2) is 14.4 Å². The Morgan fingerprint density at radius 1 is 0.906 bits per heavy atom. The molecule has 172 valence electrons. The van der Waals surface area contributed by atoms with Crippen LogP contribution in [0.4, 0.5) is 10.5 Å². The normalized spacial score (nSPS) is 12.8. The van der Waals surface area contributed by atoms with Crippen molar-refractivity contribution < 1.29 is 29.7 Å². The molecule has 2 aromatic rings. The van der Waals surface area contributed by atoms with Crippen molar-refractivity contribution in [1.82, 2.24) is 10.2 Å². The molecule has 2 atom stereocenters. The number of nitrogens with two attached hydrogens (primary N) is 1. The van der Waals surface area contributed by atoms with Crippen LogP contribution in [0.15, 0.2) is 48.5 Å². The monoisotopic (exact) mass is 443 g/mol. The molecule has 0 bridgehead atoms. The second-order valence-corrected chi connectivity index (χ2v) is 8.02. The lowest BCUT2D eigenvalue weighted by molar-refractivity contribution is -0.147. The molecule has 2 aromatic carbocycles. The van der Waals surface area contributed by atoms with Crippen LogP contribution in [-0.2, 0) is 16.0 Å². The molecule has 2 rings (SSSR count). The number of amides is 2. The fourth-order valence-electron chi connectivity index (χ4n) is 3.15. The van der Waals surface area contributed by atoms with Gasteiger partial charge in [-0.3, -0.25) is 0 Å². The van der Waals surface area contributed by atoms with Crippen molar-refractivity contribution in [2.75, 3.05) is 18.8 Å². The van der Waals surface area contributed by atoms with Gasteiger partial charge < -0.3 is 31.3 Å². The number of carboxylic acids is 2. The van der Waals surface area contributed by atoms with Gasteiger partial charge in [-0.2, -0.15) is 0 Å². The first-order valence-electron chi connectivity index (χ1n) is 10.2. The van der Waals surface area contributed by atoms with Crippen molar-refractivity contribution in [1.29, 1.82) is 0 Å². The predicted octanol–water partition coefficient (Wildman–Crippen LogP) is 2.04. The van der Waals surface area contributed by atoms with E-state index in [9.17, 15) is 24.6 Å². The Hall–Kier alpha value is -3.59. The number of urea groups is 1. The molecule has 2 amide bonds. The van der Waals surface area contributed by atoms with E-state index < -0.39 is 36.7 Å². The van der Waals surface area contributed by atoms with E-state index in [1.54, 1.807) is 24.3 Å². The van der Waals surface area contributed by atoms with Gasteiger partial charge >= 0.3 is 18.0 Å². The fourth-order valence-corrected chi connectivity index (χ4v) is 3.15. The number of nitrogens with one attached hydrogen (secondary N) is 1. The quantitative estimate of drug-likeness (QED) is 0.352. The Balaban J connectivity index is 2.10. The number of carbonyl (C=O) groups is 3. The number of hydrogen-bond acceptors (Lipinski definition) is 5. The Bertz CT molecular complexity index is 928. The highest BCUT2D eigenvalue weighted by Gasteiger charge is 2.27. The van der Waals surface area contributed by atoms with Gasteiger partial charge in [-0.05, 0) is 34.7 Å². The summed E-state index contributed by atoms with van der Waals surface area (Å²) in [5.41, 5.74) is 8.98. The smallest absolute Gasteiger partial charge is 0.334 e. The van der Waals surface area contributed by atoms with Crippen LogP contribution in [-0.4, -0.2) is 63.4 Å². The summed E-state index contributed by atoms with van der Waals surface area (Å²) in [5, 5.41) is 30.6. The third-order valence-electron chi connectivity index (χ3n) is 4.78. The Morgan fingerprint density at radius 3 is 1.91 bits per heavy atom. The van der Waals surface area contributed by atoms with Gasteiger partial charge in [0.25, 0.3) is 0 Å². The van der Waals surface area contributed by atoms with E-state index in [2.05, 4.69) is 5.32 Å². The number of nitrogen functional groups attached to an aromatic ring is 1. The molecule has 0 heterocycles. The second kappa shape index (κ2) is 11.1. The molecule has 0 aliphatic rings. The SMILES string of the molecule is CC(C)CN(CC(O)C(=O)O)C(=O)NC(Cc1ccc(-c2ccc(N)cc2)cc1)C(=O)O. The van der Waals surface area contributed by atoms with Crippen molar-refractivity contribution in [2.45, 2.75) is 32.4 Å². The predicted molar refractivity (Wildman–Crippen MR) is 120 cm³/mol. The number of aliphatic carboxylic acids is 2. The van der Waals surface area contributed by atoms with Crippen LogP contribution < -0.4 is 11.1 Å². The summed E-state index contributed by atoms with van der Waals surface area (Å²) in [6.07, 6.45) is -1.72. The minimum Gasteiger partial charge on any atom is -0.480 e. The van der Waals surface area contributed by atoms with Crippen molar-refractivity contribution in [3.05, 3.63) is 54.1 Å². The van der Waals surface area contributed by atoms with E-state index >= 15 is 0 Å². The first kappa shape index (κ1) is 24.7. The highest BCUT2D eigenvalue weighted by atomic mass is 16.4. The first-order chi connectivity index (χ1) is 15.1. The molecule has 0 radical (unpaired) electrons. The van der Waals surface area contributed by atoms with Crippen LogP contribution in [0, 0.1) is 5.92 Å². The van der Waals surface area contributed by atoms with Gasteiger partial charge in [0, 0.05) is 18.7 Å². The van der Waals surface area contributed by atoms with E-state index in [1.165, 1.54) is 0 Å². The zero-order valence-corrected chi connectivity index (χ0v) is 18.1. The Labute approximate surface area is 186 Å². The largest absolute Gasteiger partial charge is 0.480 e. The van der Waals surface area contributed by atoms with Gasteiger partial charge in [0.2, 0.25) is 0 Å². The molecule has 9 nitrogen and oxygen atoms in total. The van der Waals surface area contributed by atoms with E-state index in [0.29, 0.717) is 11.3 Å². The maximum Gasteiger partial charge on any atom is 0.334 e. The molecule has 2 unspecified atom stereocenters. The van der Waals surface area contributed by atoms with Crippen LogP contribution in [0.3, 0.4) is 0 Å². The third kappa shape index (κ3) is 7.28. The summed E-state index contributed by atoms with van der Waals surface area (Å²) in [6.45, 7) is 3.37. The van der Waals surface area contributed by atoms with E-state index in [-0.39, 0.29) is 18.9 Å². The number of hydrogen-bond donors (Lipinski definition) is 5. The van der Waals surface area contributed by atoms with Crippen LogP contribution in [0.5, 0.6) is 0 Å². The van der Waals surface area contributed by atoms with E-state index in [4.69, 9.17) is 10.8 Å². The second-order valence-electron chi connectivity index (χ2n) is 8.02. The maximum absolute atomic E-state index is 12.6. The average molecular weight is 444 g/mol. The first-order valence-corrected chi connectivity index (χ1v) is 10.2. The van der Waals surface area contributed by atoms with Gasteiger partial charge in [0.1, 0.15) is 6.04 Å². The number of nitrogens with zero attached hydrogens (tertiary/aromatic N) is 1. The fraction of sp³-hybridized carbons (Fsp3) is 0.348. The molecule has 0 aliphatic heterocycles. The highest BCUT2D eigenvalue weighted by molar-refractivity contribution is 5.83. The molecule has 0 aliphatic carbocycles. The topological polar surface area (TPSA) is 153 Å². The molecule has 6 N–H and O–H groups in total.